The first-order valence-electron chi connectivity index (χ1n) is 6.75. The normalized spacial score (nSPS) is 22.9. The van der Waals surface area contributed by atoms with Crippen LogP contribution in [0.5, 0.6) is 0 Å². The van der Waals surface area contributed by atoms with E-state index in [1.807, 2.05) is 0 Å². The highest BCUT2D eigenvalue weighted by atomic mass is 16.5. The first-order valence-corrected chi connectivity index (χ1v) is 6.75. The summed E-state index contributed by atoms with van der Waals surface area (Å²) in [6, 6.07) is 0.642. The van der Waals surface area contributed by atoms with Crippen molar-refractivity contribution in [3.63, 3.8) is 0 Å². The third-order valence-corrected chi connectivity index (χ3v) is 4.04. The molecule has 4 nitrogen and oxygen atoms in total. The molecule has 17 heavy (non-hydrogen) atoms. The fraction of sp³-hybridized carbons (Fsp3) is 1.00. The van der Waals surface area contributed by atoms with Gasteiger partial charge >= 0.3 is 0 Å². The maximum Gasteiger partial charge on any atom is 0.0667 e. The van der Waals surface area contributed by atoms with Crippen LogP contribution in [0, 0.1) is 0 Å². The van der Waals surface area contributed by atoms with Gasteiger partial charge in [0.15, 0.2) is 0 Å². The van der Waals surface area contributed by atoms with E-state index in [9.17, 15) is 0 Å². The average Bonchev–Trinajstić information content (AvgIpc) is 2.36. The van der Waals surface area contributed by atoms with Crippen LogP contribution < -0.4 is 11.1 Å². The minimum absolute atomic E-state index is 0.123. The molecule has 102 valence electrons. The lowest BCUT2D eigenvalue weighted by atomic mass is 9.87. The number of rotatable bonds is 6. The van der Waals surface area contributed by atoms with E-state index >= 15 is 0 Å². The fourth-order valence-electron chi connectivity index (χ4n) is 2.37. The van der Waals surface area contributed by atoms with Crippen LogP contribution in [0.3, 0.4) is 0 Å². The number of hydrogen-bond donors (Lipinski definition) is 2. The number of ether oxygens (including phenoxy) is 1. The fourth-order valence-corrected chi connectivity index (χ4v) is 2.37. The Labute approximate surface area is 106 Å². The summed E-state index contributed by atoms with van der Waals surface area (Å²) in [6.45, 7) is 10.5. The second-order valence-electron chi connectivity index (χ2n) is 5.54. The number of nitrogens with zero attached hydrogens (tertiary/aromatic N) is 1. The lowest BCUT2D eigenvalue weighted by molar-refractivity contribution is 0.0804. The molecule has 0 aromatic carbocycles. The van der Waals surface area contributed by atoms with Crippen molar-refractivity contribution < 1.29 is 4.74 Å². The van der Waals surface area contributed by atoms with Gasteiger partial charge < -0.3 is 20.7 Å². The van der Waals surface area contributed by atoms with Crippen LogP contribution in [0.15, 0.2) is 0 Å². The van der Waals surface area contributed by atoms with Gasteiger partial charge in [-0.15, -0.1) is 0 Å². The van der Waals surface area contributed by atoms with Crippen molar-refractivity contribution in [2.24, 2.45) is 5.73 Å². The van der Waals surface area contributed by atoms with Gasteiger partial charge in [-0.25, -0.2) is 0 Å². The Hall–Kier alpha value is -0.160. The van der Waals surface area contributed by atoms with Crippen molar-refractivity contribution in [3.05, 3.63) is 0 Å². The Morgan fingerprint density at radius 2 is 1.88 bits per heavy atom. The Morgan fingerprint density at radius 1 is 1.29 bits per heavy atom. The molecule has 0 saturated carbocycles. The maximum atomic E-state index is 5.97. The van der Waals surface area contributed by atoms with Gasteiger partial charge in [0.2, 0.25) is 0 Å². The van der Waals surface area contributed by atoms with Crippen LogP contribution >= 0.6 is 0 Å². The van der Waals surface area contributed by atoms with Gasteiger partial charge in [-0.2, -0.15) is 0 Å². The molecule has 0 radical (unpaired) electrons. The van der Waals surface area contributed by atoms with Crippen molar-refractivity contribution in [1.29, 1.82) is 0 Å². The largest absolute Gasteiger partial charge is 0.380 e. The minimum atomic E-state index is 0.123. The molecule has 1 unspecified atom stereocenters. The van der Waals surface area contributed by atoms with Crippen LogP contribution in [-0.2, 0) is 4.74 Å². The summed E-state index contributed by atoms with van der Waals surface area (Å²) >= 11 is 0. The molecular formula is C13H29N3O. The van der Waals surface area contributed by atoms with E-state index in [2.05, 4.69) is 31.0 Å². The van der Waals surface area contributed by atoms with Crippen molar-refractivity contribution in [1.82, 2.24) is 10.2 Å². The third-order valence-electron chi connectivity index (χ3n) is 4.04. The van der Waals surface area contributed by atoms with Crippen LogP contribution in [0.1, 0.15) is 33.6 Å². The van der Waals surface area contributed by atoms with Gasteiger partial charge in [-0.05, 0) is 33.6 Å². The standard InChI is InChI=1S/C13H29N3O/c1-11(2)16-7-5-13(10-14,6-8-16)15-9-12(3)17-4/h11-12,15H,5-10,14H2,1-4H3. The Bertz CT molecular complexity index is 213. The summed E-state index contributed by atoms with van der Waals surface area (Å²) in [4.78, 5) is 2.52. The molecule has 0 bridgehead atoms. The van der Waals surface area contributed by atoms with Crippen molar-refractivity contribution in [2.45, 2.75) is 51.3 Å². The second kappa shape index (κ2) is 6.69. The minimum Gasteiger partial charge on any atom is -0.380 e. The Morgan fingerprint density at radius 3 is 2.29 bits per heavy atom. The first-order chi connectivity index (χ1) is 8.03. The van der Waals surface area contributed by atoms with Gasteiger partial charge in [0, 0.05) is 44.9 Å². The highest BCUT2D eigenvalue weighted by molar-refractivity contribution is 4.95. The Kier molecular flexibility index (Phi) is 5.86. The molecule has 4 heteroatoms. The number of nitrogens with one attached hydrogen (secondary N) is 1. The van der Waals surface area contributed by atoms with E-state index in [4.69, 9.17) is 10.5 Å². The van der Waals surface area contributed by atoms with Crippen LogP contribution in [-0.4, -0.2) is 55.9 Å². The highest BCUT2D eigenvalue weighted by Gasteiger charge is 2.33. The smallest absolute Gasteiger partial charge is 0.0667 e. The summed E-state index contributed by atoms with van der Waals surface area (Å²) in [5.74, 6) is 0. The molecule has 1 atom stereocenters. The molecular weight excluding hydrogens is 214 g/mol. The quantitative estimate of drug-likeness (QED) is 0.725. The zero-order valence-corrected chi connectivity index (χ0v) is 11.8. The van der Waals surface area contributed by atoms with Crippen molar-refractivity contribution in [2.75, 3.05) is 33.3 Å². The third kappa shape index (κ3) is 4.21. The predicted molar refractivity (Wildman–Crippen MR) is 72.2 cm³/mol. The molecule has 1 fully saturated rings. The van der Waals surface area contributed by atoms with Gasteiger partial charge in [-0.1, -0.05) is 0 Å². The van der Waals surface area contributed by atoms with Gasteiger partial charge in [0.1, 0.15) is 0 Å². The molecule has 1 rings (SSSR count). The number of nitrogens with two attached hydrogens (primary N) is 1. The Balaban J connectivity index is 2.43. The van der Waals surface area contributed by atoms with Crippen LogP contribution in [0.25, 0.3) is 0 Å². The number of likely N-dealkylation sites (tertiary alicyclic amines) is 1. The topological polar surface area (TPSA) is 50.5 Å². The van der Waals surface area contributed by atoms with Gasteiger partial charge in [0.05, 0.1) is 6.10 Å². The van der Waals surface area contributed by atoms with E-state index in [0.29, 0.717) is 6.04 Å². The summed E-state index contributed by atoms with van der Waals surface area (Å²) < 4.78 is 5.28. The molecule has 0 aromatic heterocycles. The van der Waals surface area contributed by atoms with E-state index < -0.39 is 0 Å². The molecule has 0 aliphatic carbocycles. The number of hydrogen-bond acceptors (Lipinski definition) is 4. The maximum absolute atomic E-state index is 5.97. The van der Waals surface area contributed by atoms with Gasteiger partial charge in [0.25, 0.3) is 0 Å². The van der Waals surface area contributed by atoms with Crippen molar-refractivity contribution >= 4 is 0 Å². The van der Waals surface area contributed by atoms with Gasteiger partial charge in [-0.3, -0.25) is 0 Å². The first kappa shape index (κ1) is 14.9. The van der Waals surface area contributed by atoms with Crippen molar-refractivity contribution in [3.8, 4) is 0 Å². The molecule has 0 amide bonds. The summed E-state index contributed by atoms with van der Waals surface area (Å²) in [5.41, 5.74) is 6.09. The molecule has 1 saturated heterocycles. The zero-order chi connectivity index (χ0) is 12.9. The lowest BCUT2D eigenvalue weighted by Gasteiger charge is -2.43. The lowest BCUT2D eigenvalue weighted by Crippen LogP contribution is -2.59. The highest BCUT2D eigenvalue weighted by Crippen LogP contribution is 2.22. The van der Waals surface area contributed by atoms with E-state index in [-0.39, 0.29) is 11.6 Å². The van der Waals surface area contributed by atoms with E-state index in [0.717, 1.165) is 39.0 Å². The summed E-state index contributed by atoms with van der Waals surface area (Å²) in [5, 5.41) is 3.62. The predicted octanol–water partition coefficient (Wildman–Crippen LogP) is 0.813. The molecule has 0 aromatic rings. The molecule has 0 spiro atoms. The molecule has 1 heterocycles. The van der Waals surface area contributed by atoms with Crippen LogP contribution in [0.4, 0.5) is 0 Å². The van der Waals surface area contributed by atoms with E-state index in [1.54, 1.807) is 7.11 Å². The summed E-state index contributed by atoms with van der Waals surface area (Å²) in [6.07, 6.45) is 2.53. The second-order valence-corrected chi connectivity index (χ2v) is 5.54. The molecule has 1 aliphatic heterocycles. The number of methoxy groups -OCH3 is 1. The van der Waals surface area contributed by atoms with E-state index in [1.165, 1.54) is 0 Å². The molecule has 3 N–H and O–H groups in total. The van der Waals surface area contributed by atoms with Crippen LogP contribution in [0.2, 0.25) is 0 Å². The zero-order valence-electron chi connectivity index (χ0n) is 11.8. The number of piperidine rings is 1. The monoisotopic (exact) mass is 243 g/mol. The SMILES string of the molecule is COC(C)CNC1(CN)CCN(C(C)C)CC1. The average molecular weight is 243 g/mol. The molecule has 1 aliphatic rings. The summed E-state index contributed by atoms with van der Waals surface area (Å²) in [7, 11) is 1.75.